The second-order valence-corrected chi connectivity index (χ2v) is 3.35. The fraction of sp³-hybridized carbons (Fsp3) is 0.455. The minimum atomic E-state index is -2.77. The van der Waals surface area contributed by atoms with Gasteiger partial charge in [0.1, 0.15) is 0 Å². The summed E-state index contributed by atoms with van der Waals surface area (Å²) in [5, 5.41) is 2.65. The number of nitrogens with one attached hydrogen (secondary N) is 1. The van der Waals surface area contributed by atoms with Crippen molar-refractivity contribution in [1.82, 2.24) is 5.32 Å². The summed E-state index contributed by atoms with van der Waals surface area (Å²) in [6, 6.07) is 6.36. The van der Waals surface area contributed by atoms with Crippen LogP contribution in [0.3, 0.4) is 0 Å². The SMILES string of the molecule is CCNCC(F)(F)c1ccc(C)cc1. The van der Waals surface area contributed by atoms with E-state index >= 15 is 0 Å². The van der Waals surface area contributed by atoms with Gasteiger partial charge >= 0.3 is 0 Å². The van der Waals surface area contributed by atoms with Crippen molar-refractivity contribution < 1.29 is 8.78 Å². The number of aryl methyl sites for hydroxylation is 1. The van der Waals surface area contributed by atoms with Gasteiger partial charge in [-0.2, -0.15) is 8.78 Å². The van der Waals surface area contributed by atoms with E-state index < -0.39 is 5.92 Å². The summed E-state index contributed by atoms with van der Waals surface area (Å²) in [4.78, 5) is 0. The van der Waals surface area contributed by atoms with Crippen molar-refractivity contribution in [1.29, 1.82) is 0 Å². The van der Waals surface area contributed by atoms with Crippen molar-refractivity contribution in [2.24, 2.45) is 0 Å². The zero-order chi connectivity index (χ0) is 10.6. The van der Waals surface area contributed by atoms with Crippen molar-refractivity contribution >= 4 is 0 Å². The van der Waals surface area contributed by atoms with E-state index in [-0.39, 0.29) is 12.1 Å². The largest absolute Gasteiger partial charge is 0.311 e. The summed E-state index contributed by atoms with van der Waals surface area (Å²) in [6.45, 7) is 3.95. The van der Waals surface area contributed by atoms with Gasteiger partial charge in [0, 0.05) is 5.56 Å². The van der Waals surface area contributed by atoms with E-state index in [9.17, 15) is 8.78 Å². The molecular formula is C11H15F2N. The molecule has 0 atom stereocenters. The van der Waals surface area contributed by atoms with Gasteiger partial charge < -0.3 is 5.32 Å². The molecule has 1 nitrogen and oxygen atoms in total. The van der Waals surface area contributed by atoms with Gasteiger partial charge in [0.05, 0.1) is 6.54 Å². The Hall–Kier alpha value is -0.960. The van der Waals surface area contributed by atoms with Gasteiger partial charge in [-0.3, -0.25) is 0 Å². The molecule has 3 heteroatoms. The summed E-state index contributed by atoms with van der Waals surface area (Å²) in [6.07, 6.45) is 0. The first-order valence-electron chi connectivity index (χ1n) is 4.72. The highest BCUT2D eigenvalue weighted by Crippen LogP contribution is 2.26. The van der Waals surface area contributed by atoms with E-state index in [1.807, 2.05) is 13.8 Å². The minimum Gasteiger partial charge on any atom is -0.311 e. The van der Waals surface area contributed by atoms with Gasteiger partial charge in [-0.1, -0.05) is 36.8 Å². The van der Waals surface area contributed by atoms with Crippen LogP contribution in [0.1, 0.15) is 18.1 Å². The molecular weight excluding hydrogens is 184 g/mol. The second kappa shape index (κ2) is 4.51. The standard InChI is InChI=1S/C11H15F2N/c1-3-14-8-11(12,13)10-6-4-9(2)5-7-10/h4-7,14H,3,8H2,1-2H3. The van der Waals surface area contributed by atoms with Crippen LogP contribution in [0.15, 0.2) is 24.3 Å². The average molecular weight is 199 g/mol. The van der Waals surface area contributed by atoms with E-state index in [1.165, 1.54) is 12.1 Å². The van der Waals surface area contributed by atoms with E-state index in [0.717, 1.165) is 5.56 Å². The Labute approximate surface area is 83.1 Å². The van der Waals surface area contributed by atoms with Crippen LogP contribution in [0.5, 0.6) is 0 Å². The summed E-state index contributed by atoms with van der Waals surface area (Å²) < 4.78 is 26.8. The number of hydrogen-bond acceptors (Lipinski definition) is 1. The predicted octanol–water partition coefficient (Wildman–Crippen LogP) is 2.70. The molecule has 0 aliphatic carbocycles. The highest BCUT2D eigenvalue weighted by Gasteiger charge is 2.30. The lowest BCUT2D eigenvalue weighted by atomic mass is 10.1. The first kappa shape index (κ1) is 11.1. The highest BCUT2D eigenvalue weighted by molar-refractivity contribution is 5.25. The number of likely N-dealkylation sites (N-methyl/N-ethyl adjacent to an activating group) is 1. The molecule has 78 valence electrons. The Kier molecular flexibility index (Phi) is 3.58. The number of benzene rings is 1. The average Bonchev–Trinajstić information content (AvgIpc) is 2.16. The Morgan fingerprint density at radius 1 is 1.21 bits per heavy atom. The lowest BCUT2D eigenvalue weighted by molar-refractivity contribution is -0.00260. The molecule has 0 aliphatic rings. The van der Waals surface area contributed by atoms with Crippen LogP contribution in [0.2, 0.25) is 0 Å². The van der Waals surface area contributed by atoms with Crippen LogP contribution in [0, 0.1) is 6.92 Å². The predicted molar refractivity (Wildman–Crippen MR) is 53.6 cm³/mol. The van der Waals surface area contributed by atoms with E-state index in [4.69, 9.17) is 0 Å². The number of alkyl halides is 2. The summed E-state index contributed by atoms with van der Waals surface area (Å²) in [5.74, 6) is -2.77. The molecule has 1 rings (SSSR count). The quantitative estimate of drug-likeness (QED) is 0.786. The topological polar surface area (TPSA) is 12.0 Å². The molecule has 1 N–H and O–H groups in total. The molecule has 14 heavy (non-hydrogen) atoms. The van der Waals surface area contributed by atoms with Gasteiger partial charge in [-0.15, -0.1) is 0 Å². The number of hydrogen-bond donors (Lipinski definition) is 1. The van der Waals surface area contributed by atoms with Crippen molar-refractivity contribution in [3.05, 3.63) is 35.4 Å². The lowest BCUT2D eigenvalue weighted by Gasteiger charge is -2.16. The molecule has 0 spiro atoms. The van der Waals surface area contributed by atoms with E-state index in [2.05, 4.69) is 5.32 Å². The van der Waals surface area contributed by atoms with Crippen molar-refractivity contribution in [2.75, 3.05) is 13.1 Å². The van der Waals surface area contributed by atoms with Crippen molar-refractivity contribution in [3.8, 4) is 0 Å². The van der Waals surface area contributed by atoms with Gasteiger partial charge in [-0.05, 0) is 13.5 Å². The fourth-order valence-electron chi connectivity index (χ4n) is 1.18. The Morgan fingerprint density at radius 2 is 1.79 bits per heavy atom. The summed E-state index contributed by atoms with van der Waals surface area (Å²) in [7, 11) is 0. The molecule has 0 radical (unpaired) electrons. The first-order chi connectivity index (χ1) is 6.56. The third-order valence-corrected chi connectivity index (χ3v) is 2.07. The zero-order valence-corrected chi connectivity index (χ0v) is 8.48. The summed E-state index contributed by atoms with van der Waals surface area (Å²) >= 11 is 0. The third-order valence-electron chi connectivity index (χ3n) is 2.07. The third kappa shape index (κ3) is 2.77. The Balaban J connectivity index is 2.75. The summed E-state index contributed by atoms with van der Waals surface area (Å²) in [5.41, 5.74) is 1.07. The van der Waals surface area contributed by atoms with Crippen LogP contribution in [0.25, 0.3) is 0 Å². The molecule has 1 aromatic carbocycles. The maximum Gasteiger partial charge on any atom is 0.285 e. The van der Waals surface area contributed by atoms with Crippen LogP contribution in [-0.4, -0.2) is 13.1 Å². The number of rotatable bonds is 4. The second-order valence-electron chi connectivity index (χ2n) is 3.35. The molecule has 0 amide bonds. The maximum atomic E-state index is 13.4. The molecule has 0 bridgehead atoms. The van der Waals surface area contributed by atoms with Gasteiger partial charge in [0.25, 0.3) is 5.92 Å². The molecule has 0 unspecified atom stereocenters. The molecule has 0 aliphatic heterocycles. The van der Waals surface area contributed by atoms with Crippen molar-refractivity contribution in [2.45, 2.75) is 19.8 Å². The minimum absolute atomic E-state index is 0.0732. The zero-order valence-electron chi connectivity index (χ0n) is 8.48. The normalized spacial score (nSPS) is 11.7. The molecule has 0 saturated heterocycles. The van der Waals surface area contributed by atoms with Gasteiger partial charge in [-0.25, -0.2) is 0 Å². The van der Waals surface area contributed by atoms with Crippen LogP contribution >= 0.6 is 0 Å². The van der Waals surface area contributed by atoms with Gasteiger partial charge in [0.2, 0.25) is 0 Å². The molecule has 0 aromatic heterocycles. The monoisotopic (exact) mass is 199 g/mol. The van der Waals surface area contributed by atoms with E-state index in [1.54, 1.807) is 12.1 Å². The molecule has 1 aromatic rings. The van der Waals surface area contributed by atoms with Crippen LogP contribution in [-0.2, 0) is 5.92 Å². The number of halogens is 2. The lowest BCUT2D eigenvalue weighted by Crippen LogP contribution is -2.30. The molecule has 0 heterocycles. The fourth-order valence-corrected chi connectivity index (χ4v) is 1.18. The molecule has 0 fully saturated rings. The van der Waals surface area contributed by atoms with Crippen molar-refractivity contribution in [3.63, 3.8) is 0 Å². The van der Waals surface area contributed by atoms with Crippen LogP contribution in [0.4, 0.5) is 8.78 Å². The molecule has 0 saturated carbocycles. The smallest absolute Gasteiger partial charge is 0.285 e. The Morgan fingerprint density at radius 3 is 2.29 bits per heavy atom. The van der Waals surface area contributed by atoms with E-state index in [0.29, 0.717) is 6.54 Å². The maximum absolute atomic E-state index is 13.4. The van der Waals surface area contributed by atoms with Crippen LogP contribution < -0.4 is 5.32 Å². The van der Waals surface area contributed by atoms with Gasteiger partial charge in [0.15, 0.2) is 0 Å². The first-order valence-corrected chi connectivity index (χ1v) is 4.72. The highest BCUT2D eigenvalue weighted by atomic mass is 19.3. The Bertz CT molecular complexity index is 280.